The van der Waals surface area contributed by atoms with Crippen LogP contribution in [0, 0.1) is 11.3 Å². The zero-order chi connectivity index (χ0) is 19.8. The largest absolute Gasteiger partial charge is 0.440 e. The summed E-state index contributed by atoms with van der Waals surface area (Å²) in [6.07, 6.45) is 2.93. The number of nitrogens with zero attached hydrogens (tertiary/aromatic N) is 4. The summed E-state index contributed by atoms with van der Waals surface area (Å²) in [6, 6.07) is 7.95. The molecule has 3 fully saturated rings. The highest BCUT2D eigenvalue weighted by atomic mass is 32.2. The molecule has 3 saturated heterocycles. The number of amides is 1. The maximum atomic E-state index is 12.6. The van der Waals surface area contributed by atoms with Crippen molar-refractivity contribution in [3.8, 4) is 6.07 Å². The van der Waals surface area contributed by atoms with Crippen LogP contribution in [0.25, 0.3) is 11.1 Å². The summed E-state index contributed by atoms with van der Waals surface area (Å²) in [5.41, 5.74) is 2.13. The topological polar surface area (TPSA) is 85.4 Å². The SMILES string of the molecule is N#Cc1ccc2oc(C3CCN([C@@H]4CN[C@H](C(=O)N5CCSC5)C4)CC3)nc2c1. The molecule has 0 spiro atoms. The fourth-order valence-corrected chi connectivity index (χ4v) is 5.65. The van der Waals surface area contributed by atoms with E-state index in [4.69, 9.17) is 9.68 Å². The highest BCUT2D eigenvalue weighted by Gasteiger charge is 2.37. The number of piperidine rings is 1. The summed E-state index contributed by atoms with van der Waals surface area (Å²) in [5.74, 6) is 3.28. The van der Waals surface area contributed by atoms with Crippen LogP contribution in [-0.4, -0.2) is 70.6 Å². The Morgan fingerprint density at radius 1 is 1.31 bits per heavy atom. The van der Waals surface area contributed by atoms with Crippen LogP contribution in [0.1, 0.15) is 36.6 Å². The second-order valence-corrected chi connectivity index (χ2v) is 9.22. The van der Waals surface area contributed by atoms with E-state index >= 15 is 0 Å². The van der Waals surface area contributed by atoms with E-state index in [2.05, 4.69) is 21.3 Å². The Hall–Kier alpha value is -2.08. The van der Waals surface area contributed by atoms with Crippen molar-refractivity contribution in [1.82, 2.24) is 20.1 Å². The average Bonchev–Trinajstić information content (AvgIpc) is 3.53. The molecule has 0 unspecified atom stereocenters. The molecule has 3 aliphatic rings. The van der Waals surface area contributed by atoms with Crippen molar-refractivity contribution >= 4 is 28.8 Å². The van der Waals surface area contributed by atoms with Crippen LogP contribution in [0.15, 0.2) is 22.6 Å². The first kappa shape index (κ1) is 18.9. The van der Waals surface area contributed by atoms with Crippen LogP contribution in [-0.2, 0) is 4.79 Å². The van der Waals surface area contributed by atoms with Gasteiger partial charge in [-0.2, -0.15) is 5.26 Å². The first-order chi connectivity index (χ1) is 14.2. The molecule has 0 aliphatic carbocycles. The van der Waals surface area contributed by atoms with Crippen molar-refractivity contribution in [3.63, 3.8) is 0 Å². The Labute approximate surface area is 174 Å². The van der Waals surface area contributed by atoms with Gasteiger partial charge in [0.05, 0.1) is 23.6 Å². The maximum absolute atomic E-state index is 12.6. The number of rotatable bonds is 3. The van der Waals surface area contributed by atoms with E-state index < -0.39 is 0 Å². The lowest BCUT2D eigenvalue weighted by atomic mass is 9.95. The van der Waals surface area contributed by atoms with Gasteiger partial charge in [0.1, 0.15) is 5.52 Å². The highest BCUT2D eigenvalue weighted by molar-refractivity contribution is 7.99. The lowest BCUT2D eigenvalue weighted by molar-refractivity contribution is -0.131. The lowest BCUT2D eigenvalue weighted by Gasteiger charge is -2.34. The van der Waals surface area contributed by atoms with Crippen molar-refractivity contribution in [2.45, 2.75) is 37.3 Å². The molecular formula is C21H25N5O2S. The molecule has 3 aliphatic heterocycles. The predicted octanol–water partition coefficient (Wildman–Crippen LogP) is 2.14. The molecule has 0 radical (unpaired) electrons. The number of nitrogens with one attached hydrogen (secondary N) is 1. The third-order valence-electron chi connectivity index (χ3n) is 6.40. The molecule has 1 N–H and O–H groups in total. The van der Waals surface area contributed by atoms with Gasteiger partial charge in [0.25, 0.3) is 0 Å². The first-order valence-corrected chi connectivity index (χ1v) is 11.5. The number of hydrogen-bond acceptors (Lipinski definition) is 7. The van der Waals surface area contributed by atoms with Crippen LogP contribution < -0.4 is 5.32 Å². The number of thioether (sulfide) groups is 1. The van der Waals surface area contributed by atoms with Gasteiger partial charge in [0.15, 0.2) is 11.5 Å². The zero-order valence-corrected chi connectivity index (χ0v) is 17.2. The lowest BCUT2D eigenvalue weighted by Crippen LogP contribution is -2.42. The number of aromatic nitrogens is 1. The van der Waals surface area contributed by atoms with E-state index in [0.717, 1.165) is 74.1 Å². The van der Waals surface area contributed by atoms with Gasteiger partial charge in [-0.15, -0.1) is 11.8 Å². The minimum Gasteiger partial charge on any atom is -0.440 e. The van der Waals surface area contributed by atoms with E-state index in [1.165, 1.54) is 0 Å². The quantitative estimate of drug-likeness (QED) is 0.828. The Bertz CT molecular complexity index is 940. The normalized spacial score (nSPS) is 26.2. The molecule has 2 aromatic rings. The van der Waals surface area contributed by atoms with Crippen LogP contribution in [0.2, 0.25) is 0 Å². The monoisotopic (exact) mass is 411 g/mol. The van der Waals surface area contributed by atoms with Crippen molar-refractivity contribution in [2.24, 2.45) is 0 Å². The van der Waals surface area contributed by atoms with Gasteiger partial charge < -0.3 is 14.6 Å². The van der Waals surface area contributed by atoms with Crippen molar-refractivity contribution < 1.29 is 9.21 Å². The number of fused-ring (bicyclic) bond motifs is 1. The number of oxazole rings is 1. The van der Waals surface area contributed by atoms with Gasteiger partial charge in [-0.1, -0.05) is 0 Å². The Morgan fingerprint density at radius 3 is 2.93 bits per heavy atom. The molecular weight excluding hydrogens is 386 g/mol. The van der Waals surface area contributed by atoms with Gasteiger partial charge >= 0.3 is 0 Å². The fraction of sp³-hybridized carbons (Fsp3) is 0.571. The summed E-state index contributed by atoms with van der Waals surface area (Å²) in [4.78, 5) is 21.8. The fourth-order valence-electron chi connectivity index (χ4n) is 4.69. The number of nitriles is 1. The highest BCUT2D eigenvalue weighted by Crippen LogP contribution is 2.32. The number of hydrogen-bond donors (Lipinski definition) is 1. The van der Waals surface area contributed by atoms with Gasteiger partial charge in [0, 0.05) is 30.8 Å². The Kier molecular flexibility index (Phi) is 5.20. The molecule has 0 saturated carbocycles. The third-order valence-corrected chi connectivity index (χ3v) is 7.36. The summed E-state index contributed by atoms with van der Waals surface area (Å²) in [7, 11) is 0. The smallest absolute Gasteiger partial charge is 0.240 e. The number of carbonyl (C=O) groups is 1. The van der Waals surface area contributed by atoms with Crippen molar-refractivity contribution in [3.05, 3.63) is 29.7 Å². The molecule has 1 aromatic carbocycles. The zero-order valence-electron chi connectivity index (χ0n) is 16.3. The van der Waals surface area contributed by atoms with E-state index in [1.54, 1.807) is 12.1 Å². The molecule has 0 bridgehead atoms. The Balaban J connectivity index is 1.18. The molecule has 4 heterocycles. The first-order valence-electron chi connectivity index (χ1n) is 10.4. The van der Waals surface area contributed by atoms with Crippen molar-refractivity contribution in [2.75, 3.05) is 37.8 Å². The van der Waals surface area contributed by atoms with E-state index in [1.807, 2.05) is 22.7 Å². The Morgan fingerprint density at radius 2 is 2.17 bits per heavy atom. The van der Waals surface area contributed by atoms with E-state index in [9.17, 15) is 4.79 Å². The number of likely N-dealkylation sites (tertiary alicyclic amines) is 1. The minimum atomic E-state index is -0.0252. The number of benzene rings is 1. The maximum Gasteiger partial charge on any atom is 0.240 e. The molecule has 29 heavy (non-hydrogen) atoms. The van der Waals surface area contributed by atoms with Crippen molar-refractivity contribution in [1.29, 1.82) is 5.26 Å². The van der Waals surface area contributed by atoms with Crippen LogP contribution in [0.3, 0.4) is 0 Å². The van der Waals surface area contributed by atoms with Gasteiger partial charge in [-0.05, 0) is 50.6 Å². The van der Waals surface area contributed by atoms with Crippen LogP contribution >= 0.6 is 11.8 Å². The van der Waals surface area contributed by atoms with Gasteiger partial charge in [-0.3, -0.25) is 9.69 Å². The molecule has 5 rings (SSSR count). The van der Waals surface area contributed by atoms with E-state index in [0.29, 0.717) is 17.5 Å². The molecule has 152 valence electrons. The average molecular weight is 412 g/mol. The van der Waals surface area contributed by atoms with Gasteiger partial charge in [-0.25, -0.2) is 4.98 Å². The second-order valence-electron chi connectivity index (χ2n) is 8.15. The van der Waals surface area contributed by atoms with Crippen LogP contribution in [0.5, 0.6) is 0 Å². The predicted molar refractivity (Wildman–Crippen MR) is 112 cm³/mol. The van der Waals surface area contributed by atoms with E-state index in [-0.39, 0.29) is 11.9 Å². The summed E-state index contributed by atoms with van der Waals surface area (Å²) >= 11 is 1.84. The summed E-state index contributed by atoms with van der Waals surface area (Å²) in [6.45, 7) is 3.78. The molecule has 8 heteroatoms. The van der Waals surface area contributed by atoms with Gasteiger partial charge in [0.2, 0.25) is 5.91 Å². The molecule has 7 nitrogen and oxygen atoms in total. The molecule has 1 aromatic heterocycles. The molecule has 2 atom stereocenters. The number of carbonyl (C=O) groups excluding carboxylic acids is 1. The summed E-state index contributed by atoms with van der Waals surface area (Å²) in [5, 5.41) is 12.5. The van der Waals surface area contributed by atoms with Crippen LogP contribution in [0.4, 0.5) is 0 Å². The standard InChI is InChI=1S/C21H25N5O2S/c22-11-14-1-2-19-17(9-14)24-20(28-19)15-3-5-25(6-4-15)16-10-18(23-12-16)21(27)26-7-8-29-13-26/h1-2,9,15-16,18,23H,3-8,10,12-13H2/t16-,18-/m0/s1. The third kappa shape index (κ3) is 3.75. The molecule has 1 amide bonds. The second kappa shape index (κ2) is 7.98. The summed E-state index contributed by atoms with van der Waals surface area (Å²) < 4.78 is 5.97. The minimum absolute atomic E-state index is 0.0252.